The molecule has 206 valence electrons. The first-order valence-electron chi connectivity index (χ1n) is 11.9. The van der Waals surface area contributed by atoms with E-state index in [4.69, 9.17) is 10.6 Å². The number of azide groups is 1. The summed E-state index contributed by atoms with van der Waals surface area (Å²) in [7, 11) is -3.56. The predicted octanol–water partition coefficient (Wildman–Crippen LogP) is 4.52. The lowest BCUT2D eigenvalue weighted by Gasteiger charge is -2.20. The van der Waals surface area contributed by atoms with Crippen molar-refractivity contribution in [2.24, 2.45) is 5.11 Å². The lowest BCUT2D eigenvalue weighted by molar-refractivity contribution is 0.0696. The Kier molecular flexibility index (Phi) is 12.5. The number of aromatic hydroxyl groups is 1. The van der Waals surface area contributed by atoms with Gasteiger partial charge in [0.2, 0.25) is 7.37 Å². The van der Waals surface area contributed by atoms with Gasteiger partial charge in [-0.05, 0) is 71.6 Å². The van der Waals surface area contributed by atoms with Crippen LogP contribution in [0.15, 0.2) is 41.5 Å². The van der Waals surface area contributed by atoms with Crippen molar-refractivity contribution in [2.45, 2.75) is 38.3 Å². The number of nitrogens with zero attached hydrogens (tertiary/aromatic N) is 3. The lowest BCUT2D eigenvalue weighted by Crippen LogP contribution is -2.31. The summed E-state index contributed by atoms with van der Waals surface area (Å²) in [6, 6.07) is 8.98. The third-order valence-electron chi connectivity index (χ3n) is 5.75. The summed E-state index contributed by atoms with van der Waals surface area (Å²) in [5.74, 6) is -1.79. The highest BCUT2D eigenvalue weighted by atomic mass is 127. The molecule has 1 amide bonds. The number of aliphatic hydroxyl groups excluding tert-OH is 1. The number of unbranched alkanes of at least 4 members (excludes halogenated alkanes) is 2. The second kappa shape index (κ2) is 15.1. The number of carbonyl (C=O) groups excluding carboxylic acids is 1. The van der Waals surface area contributed by atoms with Crippen molar-refractivity contribution in [3.8, 4) is 5.75 Å². The fraction of sp³-hybridized carbons (Fsp3) is 0.417. The predicted molar refractivity (Wildman–Crippen MR) is 151 cm³/mol. The molecule has 0 radical (unpaired) electrons. The SMILES string of the molecule is CC(NCC(O)CP(=O)(O)CCCCCNC(=O)c1ccc(N=[N+]=[N-])c(I)c1O)c1cccc(C(=O)O)c1. The van der Waals surface area contributed by atoms with Gasteiger partial charge < -0.3 is 30.8 Å². The fourth-order valence-electron chi connectivity index (χ4n) is 3.68. The lowest BCUT2D eigenvalue weighted by atomic mass is 10.1. The van der Waals surface area contributed by atoms with E-state index in [1.807, 2.05) is 6.92 Å². The quantitative estimate of drug-likeness (QED) is 0.0400. The van der Waals surface area contributed by atoms with Crippen LogP contribution in [-0.4, -0.2) is 63.6 Å². The molecule has 2 aromatic rings. The van der Waals surface area contributed by atoms with Crippen molar-refractivity contribution in [2.75, 3.05) is 25.4 Å². The van der Waals surface area contributed by atoms with Gasteiger partial charge in [0.1, 0.15) is 5.75 Å². The maximum absolute atomic E-state index is 12.5. The molecule has 14 heteroatoms. The second-order valence-electron chi connectivity index (χ2n) is 8.77. The molecule has 2 rings (SSSR count). The number of aliphatic hydroxyl groups is 1. The van der Waals surface area contributed by atoms with E-state index in [0.717, 1.165) is 5.56 Å². The molecule has 2 aromatic carbocycles. The normalized spacial score (nSPS) is 14.1. The molecule has 3 atom stereocenters. The van der Waals surface area contributed by atoms with Crippen LogP contribution in [0.3, 0.4) is 0 Å². The van der Waals surface area contributed by atoms with Gasteiger partial charge in [-0.25, -0.2) is 4.79 Å². The summed E-state index contributed by atoms with van der Waals surface area (Å²) in [6.45, 7) is 2.19. The monoisotopic (exact) mass is 659 g/mol. The van der Waals surface area contributed by atoms with E-state index in [-0.39, 0.29) is 51.0 Å². The molecule has 0 aliphatic carbocycles. The van der Waals surface area contributed by atoms with Crippen molar-refractivity contribution < 1.29 is 34.4 Å². The van der Waals surface area contributed by atoms with Gasteiger partial charge in [0.05, 0.1) is 32.7 Å². The fourth-order valence-corrected chi connectivity index (χ4v) is 5.94. The summed E-state index contributed by atoms with van der Waals surface area (Å²) in [6.07, 6.45) is 0.297. The molecule has 0 aliphatic heterocycles. The Labute approximate surface area is 233 Å². The minimum atomic E-state index is -3.56. The van der Waals surface area contributed by atoms with Crippen molar-refractivity contribution >= 4 is 47.5 Å². The van der Waals surface area contributed by atoms with Gasteiger partial charge in [-0.2, -0.15) is 0 Å². The Balaban J connectivity index is 1.69. The maximum atomic E-state index is 12.5. The van der Waals surface area contributed by atoms with E-state index in [2.05, 4.69) is 20.7 Å². The molecule has 38 heavy (non-hydrogen) atoms. The highest BCUT2D eigenvalue weighted by molar-refractivity contribution is 14.1. The number of hydrogen-bond donors (Lipinski definition) is 6. The number of phenols is 1. The zero-order chi connectivity index (χ0) is 28.3. The first-order chi connectivity index (χ1) is 17.9. The summed E-state index contributed by atoms with van der Waals surface area (Å²) in [5, 5.41) is 38.7. The molecular formula is C24H31IN5O7P. The number of carboxylic acids is 1. The molecule has 0 saturated carbocycles. The molecule has 0 aromatic heterocycles. The Morgan fingerprint density at radius 1 is 1.21 bits per heavy atom. The van der Waals surface area contributed by atoms with E-state index < -0.39 is 25.3 Å². The van der Waals surface area contributed by atoms with Crippen LogP contribution in [0.25, 0.3) is 10.4 Å². The Morgan fingerprint density at radius 3 is 2.63 bits per heavy atom. The van der Waals surface area contributed by atoms with Crippen molar-refractivity contribution in [1.82, 2.24) is 10.6 Å². The molecule has 3 unspecified atom stereocenters. The maximum Gasteiger partial charge on any atom is 0.335 e. The van der Waals surface area contributed by atoms with Crippen molar-refractivity contribution in [3.63, 3.8) is 0 Å². The van der Waals surface area contributed by atoms with Crippen LogP contribution >= 0.6 is 30.0 Å². The summed E-state index contributed by atoms with van der Waals surface area (Å²) in [5.41, 5.74) is 9.69. The van der Waals surface area contributed by atoms with Gasteiger partial charge in [0.15, 0.2) is 0 Å². The number of carbonyl (C=O) groups is 2. The number of benzene rings is 2. The van der Waals surface area contributed by atoms with Crippen LogP contribution in [0.1, 0.15) is 58.5 Å². The molecule has 6 N–H and O–H groups in total. The average molecular weight is 659 g/mol. The molecule has 0 bridgehead atoms. The van der Waals surface area contributed by atoms with Gasteiger partial charge in [0.25, 0.3) is 5.91 Å². The van der Waals surface area contributed by atoms with Crippen molar-refractivity contribution in [1.29, 1.82) is 0 Å². The van der Waals surface area contributed by atoms with Gasteiger partial charge in [0, 0.05) is 30.2 Å². The van der Waals surface area contributed by atoms with Crippen molar-refractivity contribution in [3.05, 3.63) is 67.1 Å². The van der Waals surface area contributed by atoms with Crippen LogP contribution in [-0.2, 0) is 4.57 Å². The summed E-state index contributed by atoms with van der Waals surface area (Å²) < 4.78 is 12.8. The number of aromatic carboxylic acids is 1. The zero-order valence-corrected chi connectivity index (χ0v) is 23.8. The third kappa shape index (κ3) is 9.90. The molecule has 0 heterocycles. The average Bonchev–Trinajstić information content (AvgIpc) is 2.87. The molecule has 0 fully saturated rings. The van der Waals surface area contributed by atoms with Gasteiger partial charge in [-0.3, -0.25) is 9.36 Å². The number of halogens is 1. The standard InChI is InChI=1S/C24H31IN5O7P/c1-15(16-6-5-7-17(12-16)24(34)35)28-13-18(31)14-38(36,37)11-4-2-3-10-27-23(33)19-8-9-20(29-30-26)21(25)22(19)32/h5-9,12,15,18,28,31-32H,2-4,10-11,13-14H2,1H3,(H,27,33)(H,34,35)(H,36,37). The van der Waals surface area contributed by atoms with Crippen LogP contribution in [0.4, 0.5) is 5.69 Å². The Morgan fingerprint density at radius 2 is 1.95 bits per heavy atom. The number of rotatable bonds is 15. The first kappa shape index (κ1) is 31.5. The molecule has 0 aliphatic rings. The molecule has 12 nitrogen and oxygen atoms in total. The topological polar surface area (TPSA) is 205 Å². The van der Waals surface area contributed by atoms with Crippen LogP contribution in [0, 0.1) is 3.57 Å². The highest BCUT2D eigenvalue weighted by Gasteiger charge is 2.23. The number of hydrogen-bond acceptors (Lipinski definition) is 7. The molecular weight excluding hydrogens is 628 g/mol. The second-order valence-corrected chi connectivity index (χ2v) is 12.4. The zero-order valence-electron chi connectivity index (χ0n) is 20.7. The smallest absolute Gasteiger partial charge is 0.335 e. The number of carboxylic acid groups (broad SMARTS) is 1. The third-order valence-corrected chi connectivity index (χ3v) is 8.82. The van der Waals surface area contributed by atoms with E-state index in [0.29, 0.717) is 25.8 Å². The summed E-state index contributed by atoms with van der Waals surface area (Å²) >= 11 is 1.79. The van der Waals surface area contributed by atoms with Crippen LogP contribution in [0.5, 0.6) is 5.75 Å². The van der Waals surface area contributed by atoms with Crippen LogP contribution < -0.4 is 10.6 Å². The summed E-state index contributed by atoms with van der Waals surface area (Å²) in [4.78, 5) is 36.4. The largest absolute Gasteiger partial charge is 0.506 e. The minimum Gasteiger partial charge on any atom is -0.506 e. The molecule has 0 saturated heterocycles. The number of amides is 1. The Hall–Kier alpha value is -2.67. The van der Waals surface area contributed by atoms with Crippen LogP contribution in [0.2, 0.25) is 0 Å². The van der Waals surface area contributed by atoms with E-state index in [9.17, 15) is 29.3 Å². The van der Waals surface area contributed by atoms with E-state index in [1.54, 1.807) is 34.7 Å². The van der Waals surface area contributed by atoms with Gasteiger partial charge >= 0.3 is 5.97 Å². The molecule has 0 spiro atoms. The number of nitrogens with one attached hydrogen (secondary N) is 2. The van der Waals surface area contributed by atoms with Gasteiger partial charge in [-0.1, -0.05) is 29.7 Å². The Bertz CT molecular complexity index is 1240. The van der Waals surface area contributed by atoms with E-state index >= 15 is 0 Å². The first-order valence-corrected chi connectivity index (χ1v) is 15.0. The minimum absolute atomic E-state index is 0.0358. The number of phenolic OH excluding ortho intramolecular Hbond substituents is 1. The van der Waals surface area contributed by atoms with Gasteiger partial charge in [-0.15, -0.1) is 0 Å². The van der Waals surface area contributed by atoms with E-state index in [1.165, 1.54) is 24.3 Å². The highest BCUT2D eigenvalue weighted by Crippen LogP contribution is 2.42.